The largest absolute Gasteiger partial charge is 0.497 e. The average molecular weight is 385 g/mol. The Balaban J connectivity index is 1.96. The predicted octanol–water partition coefficient (Wildman–Crippen LogP) is 2.44. The highest BCUT2D eigenvalue weighted by atomic mass is 16.5. The van der Waals surface area contributed by atoms with Gasteiger partial charge >= 0.3 is 0 Å². The van der Waals surface area contributed by atoms with Crippen LogP contribution in [0.3, 0.4) is 0 Å². The van der Waals surface area contributed by atoms with Crippen molar-refractivity contribution in [1.82, 2.24) is 5.43 Å². The number of hydrogen-bond acceptors (Lipinski definition) is 6. The van der Waals surface area contributed by atoms with E-state index in [1.807, 2.05) is 0 Å². The maximum Gasteiger partial charge on any atom is 0.252 e. The number of carbonyl (C=O) groups is 2. The van der Waals surface area contributed by atoms with Crippen LogP contribution in [0.2, 0.25) is 0 Å². The van der Waals surface area contributed by atoms with Gasteiger partial charge in [-0.05, 0) is 43.3 Å². The van der Waals surface area contributed by atoms with Crippen LogP contribution in [0.25, 0.3) is 0 Å². The number of rotatable bonds is 8. The first-order valence-corrected chi connectivity index (χ1v) is 8.49. The molecule has 8 heteroatoms. The van der Waals surface area contributed by atoms with E-state index in [1.165, 1.54) is 27.4 Å². The summed E-state index contributed by atoms with van der Waals surface area (Å²) in [6.45, 7) is 1.50. The van der Waals surface area contributed by atoms with Crippen molar-refractivity contribution >= 4 is 23.7 Å². The van der Waals surface area contributed by atoms with Crippen LogP contribution in [0, 0.1) is 5.92 Å². The van der Waals surface area contributed by atoms with Gasteiger partial charge in [0.2, 0.25) is 5.91 Å². The monoisotopic (exact) mass is 385 g/mol. The van der Waals surface area contributed by atoms with Crippen LogP contribution < -0.4 is 25.0 Å². The molecule has 2 amide bonds. The fraction of sp³-hybridized carbons (Fsp3) is 0.250. The third-order valence-electron chi connectivity index (χ3n) is 3.96. The smallest absolute Gasteiger partial charge is 0.252 e. The Morgan fingerprint density at radius 1 is 0.964 bits per heavy atom. The number of ether oxygens (including phenoxy) is 3. The molecule has 0 aromatic heterocycles. The van der Waals surface area contributed by atoms with E-state index in [0.717, 1.165) is 0 Å². The summed E-state index contributed by atoms with van der Waals surface area (Å²) in [4.78, 5) is 24.4. The molecule has 8 nitrogen and oxygen atoms in total. The number of amides is 2. The first-order chi connectivity index (χ1) is 13.5. The number of nitrogens with zero attached hydrogens (tertiary/aromatic N) is 1. The van der Waals surface area contributed by atoms with Crippen LogP contribution in [0.5, 0.6) is 17.2 Å². The Bertz CT molecular complexity index is 849. The van der Waals surface area contributed by atoms with E-state index in [2.05, 4.69) is 15.8 Å². The molecule has 148 valence electrons. The summed E-state index contributed by atoms with van der Waals surface area (Å²) in [5.74, 6) is -0.211. The molecule has 2 rings (SSSR count). The molecule has 2 N–H and O–H groups in total. The van der Waals surface area contributed by atoms with Gasteiger partial charge < -0.3 is 19.5 Å². The Morgan fingerprint density at radius 3 is 2.29 bits per heavy atom. The molecule has 2 aromatic rings. The fourth-order valence-corrected chi connectivity index (χ4v) is 2.32. The van der Waals surface area contributed by atoms with E-state index in [4.69, 9.17) is 14.2 Å². The maximum absolute atomic E-state index is 12.2. The summed E-state index contributed by atoms with van der Waals surface area (Å²) in [5.41, 5.74) is 3.55. The first-order valence-electron chi connectivity index (χ1n) is 8.49. The highest BCUT2D eigenvalue weighted by molar-refractivity contribution is 6.06. The Hall–Kier alpha value is -3.55. The molecular weight excluding hydrogens is 362 g/mol. The standard InChI is InChI=1S/C20H23N3O5/c1-13(19(24)22-15-8-10-16(26-2)11-9-15)20(25)23-21-12-14-6-5-7-17(27-3)18(14)28-4/h5-13H,1-4H3,(H,22,24)(H,23,25). The zero-order valence-electron chi connectivity index (χ0n) is 16.2. The van der Waals surface area contributed by atoms with Gasteiger partial charge in [0.15, 0.2) is 11.5 Å². The average Bonchev–Trinajstić information content (AvgIpc) is 2.73. The molecule has 28 heavy (non-hydrogen) atoms. The minimum atomic E-state index is -0.938. The zero-order chi connectivity index (χ0) is 20.5. The number of methoxy groups -OCH3 is 3. The van der Waals surface area contributed by atoms with Gasteiger partial charge in [-0.25, -0.2) is 5.43 Å². The van der Waals surface area contributed by atoms with E-state index < -0.39 is 17.7 Å². The van der Waals surface area contributed by atoms with Crippen LogP contribution in [-0.2, 0) is 9.59 Å². The number of benzene rings is 2. The second kappa shape index (κ2) is 9.96. The molecule has 0 aliphatic rings. The molecule has 1 atom stereocenters. The molecule has 0 bridgehead atoms. The Kier molecular flexibility index (Phi) is 7.38. The molecule has 0 fully saturated rings. The summed E-state index contributed by atoms with van der Waals surface area (Å²) >= 11 is 0. The molecule has 2 aromatic carbocycles. The number of carbonyl (C=O) groups excluding carboxylic acids is 2. The van der Waals surface area contributed by atoms with E-state index in [0.29, 0.717) is 28.5 Å². The van der Waals surface area contributed by atoms with Crippen molar-refractivity contribution in [1.29, 1.82) is 0 Å². The van der Waals surface area contributed by atoms with Gasteiger partial charge in [-0.1, -0.05) is 6.07 Å². The zero-order valence-corrected chi connectivity index (χ0v) is 16.2. The van der Waals surface area contributed by atoms with Gasteiger partial charge in [-0.3, -0.25) is 9.59 Å². The normalized spacial score (nSPS) is 11.6. The van der Waals surface area contributed by atoms with Crippen LogP contribution in [-0.4, -0.2) is 39.4 Å². The van der Waals surface area contributed by atoms with Crippen molar-refractivity contribution < 1.29 is 23.8 Å². The minimum Gasteiger partial charge on any atom is -0.497 e. The van der Waals surface area contributed by atoms with Crippen LogP contribution in [0.15, 0.2) is 47.6 Å². The quantitative estimate of drug-likeness (QED) is 0.413. The molecule has 0 heterocycles. The van der Waals surface area contributed by atoms with Crippen LogP contribution in [0.1, 0.15) is 12.5 Å². The third kappa shape index (κ3) is 5.23. The van der Waals surface area contributed by atoms with Crippen LogP contribution >= 0.6 is 0 Å². The number of anilines is 1. The minimum absolute atomic E-state index is 0.447. The number of nitrogens with one attached hydrogen (secondary N) is 2. The van der Waals surface area contributed by atoms with E-state index in [-0.39, 0.29) is 0 Å². The van der Waals surface area contributed by atoms with E-state index in [9.17, 15) is 9.59 Å². The predicted molar refractivity (Wildman–Crippen MR) is 106 cm³/mol. The highest BCUT2D eigenvalue weighted by Gasteiger charge is 2.21. The van der Waals surface area contributed by atoms with Gasteiger partial charge in [0, 0.05) is 11.3 Å². The number of hydrazone groups is 1. The lowest BCUT2D eigenvalue weighted by atomic mass is 10.1. The maximum atomic E-state index is 12.2. The van der Waals surface area contributed by atoms with E-state index >= 15 is 0 Å². The van der Waals surface area contributed by atoms with E-state index in [1.54, 1.807) is 49.6 Å². The fourth-order valence-electron chi connectivity index (χ4n) is 2.32. The van der Waals surface area contributed by atoms with Gasteiger partial charge in [0.25, 0.3) is 5.91 Å². The topological polar surface area (TPSA) is 98.2 Å². The van der Waals surface area contributed by atoms with Crippen molar-refractivity contribution in [2.75, 3.05) is 26.6 Å². The summed E-state index contributed by atoms with van der Waals surface area (Å²) in [6.07, 6.45) is 1.42. The molecule has 1 unspecified atom stereocenters. The van der Waals surface area contributed by atoms with Gasteiger partial charge in [-0.15, -0.1) is 0 Å². The van der Waals surface area contributed by atoms with Gasteiger partial charge in [0.05, 0.1) is 27.5 Å². The SMILES string of the molecule is COc1ccc(NC(=O)C(C)C(=O)NN=Cc2cccc(OC)c2OC)cc1. The molecule has 0 radical (unpaired) electrons. The summed E-state index contributed by atoms with van der Waals surface area (Å²) in [5, 5.41) is 6.57. The molecule has 0 saturated heterocycles. The molecule has 0 aliphatic carbocycles. The number of hydrogen-bond donors (Lipinski definition) is 2. The highest BCUT2D eigenvalue weighted by Crippen LogP contribution is 2.29. The van der Waals surface area contributed by atoms with Gasteiger partial charge in [-0.2, -0.15) is 5.10 Å². The third-order valence-corrected chi connectivity index (χ3v) is 3.96. The lowest BCUT2D eigenvalue weighted by Gasteiger charge is -2.11. The van der Waals surface area contributed by atoms with Crippen molar-refractivity contribution in [3.63, 3.8) is 0 Å². The lowest BCUT2D eigenvalue weighted by Crippen LogP contribution is -2.34. The van der Waals surface area contributed by atoms with Crippen molar-refractivity contribution in [2.45, 2.75) is 6.92 Å². The second-order valence-electron chi connectivity index (χ2n) is 5.76. The summed E-state index contributed by atoms with van der Waals surface area (Å²) < 4.78 is 15.6. The Labute approximate surface area is 163 Å². The summed E-state index contributed by atoms with van der Waals surface area (Å²) in [7, 11) is 4.60. The van der Waals surface area contributed by atoms with Crippen LogP contribution in [0.4, 0.5) is 5.69 Å². The lowest BCUT2D eigenvalue weighted by molar-refractivity contribution is -0.131. The first kappa shape index (κ1) is 20.8. The molecule has 0 aliphatic heterocycles. The van der Waals surface area contributed by atoms with Crippen molar-refractivity contribution in [3.05, 3.63) is 48.0 Å². The van der Waals surface area contributed by atoms with Crippen molar-refractivity contribution in [3.8, 4) is 17.2 Å². The Morgan fingerprint density at radius 2 is 1.68 bits per heavy atom. The molecular formula is C20H23N3O5. The number of para-hydroxylation sites is 1. The van der Waals surface area contributed by atoms with Crippen molar-refractivity contribution in [2.24, 2.45) is 11.0 Å². The summed E-state index contributed by atoms with van der Waals surface area (Å²) in [6, 6.07) is 12.1. The molecule has 0 spiro atoms. The van der Waals surface area contributed by atoms with Gasteiger partial charge in [0.1, 0.15) is 11.7 Å². The second-order valence-corrected chi connectivity index (χ2v) is 5.76. The molecule has 0 saturated carbocycles.